The predicted molar refractivity (Wildman–Crippen MR) is 49.8 cm³/mol. The van der Waals surface area contributed by atoms with Gasteiger partial charge >= 0.3 is 0 Å². The van der Waals surface area contributed by atoms with Gasteiger partial charge in [0, 0.05) is 19.0 Å². The number of nitrogens with zero attached hydrogens (tertiary/aromatic N) is 1. The normalized spacial score (nSPS) is 24.7. The van der Waals surface area contributed by atoms with E-state index in [2.05, 4.69) is 6.92 Å². The van der Waals surface area contributed by atoms with Crippen LogP contribution in [0.2, 0.25) is 0 Å². The first kappa shape index (κ1) is 9.56. The Bertz CT molecular complexity index is 165. The number of hydrogen-bond donors (Lipinski definition) is 0. The van der Waals surface area contributed by atoms with Crippen LogP contribution in [-0.4, -0.2) is 23.9 Å². The standard InChI is InChI=1S/C10H19NO/c1-8(2)10(12)11-6-4-5-9(3)7-11/h8-9H,4-7H2,1-3H3/t9-/m1/s1. The van der Waals surface area contributed by atoms with E-state index in [1.54, 1.807) is 0 Å². The number of carbonyl (C=O) groups excluding carboxylic acids is 1. The summed E-state index contributed by atoms with van der Waals surface area (Å²) in [4.78, 5) is 13.6. The van der Waals surface area contributed by atoms with Crippen molar-refractivity contribution in [2.24, 2.45) is 11.8 Å². The van der Waals surface area contributed by atoms with Gasteiger partial charge in [0.2, 0.25) is 5.91 Å². The summed E-state index contributed by atoms with van der Waals surface area (Å²) in [7, 11) is 0. The average Bonchev–Trinajstić information content (AvgIpc) is 2.03. The zero-order valence-corrected chi connectivity index (χ0v) is 8.34. The van der Waals surface area contributed by atoms with Crippen molar-refractivity contribution >= 4 is 5.91 Å². The maximum absolute atomic E-state index is 11.6. The highest BCUT2D eigenvalue weighted by molar-refractivity contribution is 5.78. The van der Waals surface area contributed by atoms with Gasteiger partial charge in [0.15, 0.2) is 0 Å². The molecule has 0 N–H and O–H groups in total. The van der Waals surface area contributed by atoms with Crippen LogP contribution in [0.1, 0.15) is 33.6 Å². The minimum absolute atomic E-state index is 0.162. The summed E-state index contributed by atoms with van der Waals surface area (Å²) in [5, 5.41) is 0. The van der Waals surface area contributed by atoms with E-state index in [4.69, 9.17) is 0 Å². The highest BCUT2D eigenvalue weighted by Gasteiger charge is 2.22. The summed E-state index contributed by atoms with van der Waals surface area (Å²) in [6.07, 6.45) is 2.46. The highest BCUT2D eigenvalue weighted by atomic mass is 16.2. The Hall–Kier alpha value is -0.530. The molecule has 0 spiro atoms. The third kappa shape index (κ3) is 2.23. The number of hydrogen-bond acceptors (Lipinski definition) is 1. The zero-order valence-electron chi connectivity index (χ0n) is 8.34. The van der Waals surface area contributed by atoms with E-state index in [9.17, 15) is 4.79 Å². The third-order valence-electron chi connectivity index (χ3n) is 2.46. The Kier molecular flexibility index (Phi) is 3.12. The van der Waals surface area contributed by atoms with Crippen molar-refractivity contribution < 1.29 is 4.79 Å². The molecule has 1 fully saturated rings. The molecular weight excluding hydrogens is 150 g/mol. The molecule has 0 aromatic rings. The number of likely N-dealkylation sites (tertiary alicyclic amines) is 1. The topological polar surface area (TPSA) is 20.3 Å². The maximum atomic E-state index is 11.6. The fourth-order valence-electron chi connectivity index (χ4n) is 1.75. The van der Waals surface area contributed by atoms with Crippen LogP contribution in [0.5, 0.6) is 0 Å². The summed E-state index contributed by atoms with van der Waals surface area (Å²) in [5.41, 5.74) is 0. The van der Waals surface area contributed by atoms with Crippen LogP contribution in [-0.2, 0) is 4.79 Å². The van der Waals surface area contributed by atoms with Gasteiger partial charge in [-0.2, -0.15) is 0 Å². The Morgan fingerprint density at radius 2 is 2.17 bits per heavy atom. The van der Waals surface area contributed by atoms with E-state index >= 15 is 0 Å². The molecule has 1 rings (SSSR count). The second kappa shape index (κ2) is 3.92. The lowest BCUT2D eigenvalue weighted by molar-refractivity contribution is -0.136. The van der Waals surface area contributed by atoms with Crippen LogP contribution >= 0.6 is 0 Å². The lowest BCUT2D eigenvalue weighted by Crippen LogP contribution is -2.41. The van der Waals surface area contributed by atoms with Crippen LogP contribution in [0.15, 0.2) is 0 Å². The second-order valence-corrected chi connectivity index (χ2v) is 4.19. The van der Waals surface area contributed by atoms with Crippen LogP contribution in [0.4, 0.5) is 0 Å². The first-order chi connectivity index (χ1) is 5.61. The number of amides is 1. The van der Waals surface area contributed by atoms with Gasteiger partial charge in [0.25, 0.3) is 0 Å². The summed E-state index contributed by atoms with van der Waals surface area (Å²) in [5.74, 6) is 1.18. The van der Waals surface area contributed by atoms with E-state index in [1.165, 1.54) is 12.8 Å². The van der Waals surface area contributed by atoms with Crippen molar-refractivity contribution in [2.75, 3.05) is 13.1 Å². The molecular formula is C10H19NO. The van der Waals surface area contributed by atoms with E-state index in [0.717, 1.165) is 13.1 Å². The Morgan fingerprint density at radius 1 is 1.50 bits per heavy atom. The van der Waals surface area contributed by atoms with Gasteiger partial charge in [-0.25, -0.2) is 0 Å². The molecule has 2 heteroatoms. The molecule has 0 bridgehead atoms. The summed E-state index contributed by atoms with van der Waals surface area (Å²) in [6.45, 7) is 8.11. The van der Waals surface area contributed by atoms with Crippen molar-refractivity contribution in [1.29, 1.82) is 0 Å². The smallest absolute Gasteiger partial charge is 0.225 e. The molecule has 0 unspecified atom stereocenters. The third-order valence-corrected chi connectivity index (χ3v) is 2.46. The number of piperidine rings is 1. The fourth-order valence-corrected chi connectivity index (χ4v) is 1.75. The van der Waals surface area contributed by atoms with E-state index < -0.39 is 0 Å². The quantitative estimate of drug-likeness (QED) is 0.587. The zero-order chi connectivity index (χ0) is 9.14. The molecule has 1 aliphatic heterocycles. The fraction of sp³-hybridized carbons (Fsp3) is 0.900. The molecule has 1 atom stereocenters. The molecule has 1 aliphatic rings. The first-order valence-electron chi connectivity index (χ1n) is 4.90. The van der Waals surface area contributed by atoms with Gasteiger partial charge in [0.05, 0.1) is 0 Å². The highest BCUT2D eigenvalue weighted by Crippen LogP contribution is 2.17. The van der Waals surface area contributed by atoms with Crippen molar-refractivity contribution in [1.82, 2.24) is 4.90 Å². The van der Waals surface area contributed by atoms with Crippen molar-refractivity contribution in [3.63, 3.8) is 0 Å². The predicted octanol–water partition coefficient (Wildman–Crippen LogP) is 1.90. The Labute approximate surface area is 74.9 Å². The van der Waals surface area contributed by atoms with Gasteiger partial charge in [-0.05, 0) is 18.8 Å². The lowest BCUT2D eigenvalue weighted by atomic mass is 9.99. The van der Waals surface area contributed by atoms with Crippen molar-refractivity contribution in [3.05, 3.63) is 0 Å². The maximum Gasteiger partial charge on any atom is 0.225 e. The minimum atomic E-state index is 0.162. The molecule has 1 amide bonds. The molecule has 2 nitrogen and oxygen atoms in total. The molecule has 0 radical (unpaired) electrons. The largest absolute Gasteiger partial charge is 0.342 e. The number of rotatable bonds is 1. The molecule has 0 aromatic heterocycles. The molecule has 0 saturated carbocycles. The number of carbonyl (C=O) groups is 1. The monoisotopic (exact) mass is 169 g/mol. The molecule has 1 heterocycles. The molecule has 0 aliphatic carbocycles. The van der Waals surface area contributed by atoms with E-state index in [0.29, 0.717) is 11.8 Å². The van der Waals surface area contributed by atoms with Crippen LogP contribution < -0.4 is 0 Å². The summed E-state index contributed by atoms with van der Waals surface area (Å²) >= 11 is 0. The van der Waals surface area contributed by atoms with Crippen molar-refractivity contribution in [2.45, 2.75) is 33.6 Å². The lowest BCUT2D eigenvalue weighted by Gasteiger charge is -2.32. The van der Waals surface area contributed by atoms with Gasteiger partial charge in [-0.15, -0.1) is 0 Å². The van der Waals surface area contributed by atoms with E-state index in [-0.39, 0.29) is 5.92 Å². The van der Waals surface area contributed by atoms with E-state index in [1.807, 2.05) is 18.7 Å². The van der Waals surface area contributed by atoms with Gasteiger partial charge < -0.3 is 4.90 Å². The molecule has 1 saturated heterocycles. The Balaban J connectivity index is 2.46. The van der Waals surface area contributed by atoms with Crippen molar-refractivity contribution in [3.8, 4) is 0 Å². The van der Waals surface area contributed by atoms with Gasteiger partial charge in [-0.3, -0.25) is 4.79 Å². The molecule has 0 aromatic carbocycles. The molecule has 70 valence electrons. The SMILES string of the molecule is CC(C)C(=O)N1CCC[C@@H](C)C1. The summed E-state index contributed by atoms with van der Waals surface area (Å²) in [6, 6.07) is 0. The second-order valence-electron chi connectivity index (χ2n) is 4.19. The minimum Gasteiger partial charge on any atom is -0.342 e. The van der Waals surface area contributed by atoms with Crippen LogP contribution in [0, 0.1) is 11.8 Å². The van der Waals surface area contributed by atoms with Crippen LogP contribution in [0.3, 0.4) is 0 Å². The molecule has 12 heavy (non-hydrogen) atoms. The Morgan fingerprint density at radius 3 is 2.67 bits per heavy atom. The van der Waals surface area contributed by atoms with Crippen LogP contribution in [0.25, 0.3) is 0 Å². The van der Waals surface area contributed by atoms with Gasteiger partial charge in [0.1, 0.15) is 0 Å². The van der Waals surface area contributed by atoms with Gasteiger partial charge in [-0.1, -0.05) is 20.8 Å². The summed E-state index contributed by atoms with van der Waals surface area (Å²) < 4.78 is 0. The first-order valence-corrected chi connectivity index (χ1v) is 4.90. The average molecular weight is 169 g/mol.